The van der Waals surface area contributed by atoms with E-state index in [-0.39, 0.29) is 17.5 Å². The molecule has 1 unspecified atom stereocenters. The summed E-state index contributed by atoms with van der Waals surface area (Å²) < 4.78 is 28.1. The molecule has 1 aromatic rings. The van der Waals surface area contributed by atoms with Gasteiger partial charge in [0.1, 0.15) is 0 Å². The smallest absolute Gasteiger partial charge is 0.257 e. The lowest BCUT2D eigenvalue weighted by Gasteiger charge is -2.26. The van der Waals surface area contributed by atoms with Gasteiger partial charge in [-0.15, -0.1) is 0 Å². The second kappa shape index (κ2) is 8.19. The van der Waals surface area contributed by atoms with Crippen LogP contribution in [0.15, 0.2) is 12.1 Å². The van der Waals surface area contributed by atoms with Gasteiger partial charge in [0.15, 0.2) is 11.6 Å². The fourth-order valence-electron chi connectivity index (χ4n) is 3.93. The number of likely N-dealkylation sites (tertiary alicyclic amines) is 1. The van der Waals surface area contributed by atoms with Gasteiger partial charge in [0.2, 0.25) is 5.91 Å². The molecule has 1 aliphatic heterocycles. The van der Waals surface area contributed by atoms with Crippen LogP contribution in [-0.4, -0.2) is 47.8 Å². The van der Waals surface area contributed by atoms with Gasteiger partial charge >= 0.3 is 0 Å². The number of hydrogen-bond donors (Lipinski definition) is 0. The second-order valence-corrected chi connectivity index (χ2v) is 8.55. The number of carbonyl (C=O) groups is 2. The molecule has 0 spiro atoms. The predicted octanol–water partition coefficient (Wildman–Crippen LogP) is 3.82. The standard InChI is InChI=1S/C19H23F2IN2O2/c1-23(17(25)8-12-4-2-3-5-12)14-6-7-24(11-14)19(26)15-9-13(22)10-16(20)18(15)21/h9-10,12,14H,2-8,11H2,1H3. The Labute approximate surface area is 166 Å². The van der Waals surface area contributed by atoms with Gasteiger partial charge in [0, 0.05) is 30.1 Å². The third kappa shape index (κ3) is 4.18. The first-order chi connectivity index (χ1) is 12.4. The van der Waals surface area contributed by atoms with E-state index in [1.807, 2.05) is 22.6 Å². The van der Waals surface area contributed by atoms with Crippen LogP contribution in [0.3, 0.4) is 0 Å². The molecule has 1 aromatic carbocycles. The normalized spacial score (nSPS) is 20.6. The summed E-state index contributed by atoms with van der Waals surface area (Å²) in [6.45, 7) is 0.801. The summed E-state index contributed by atoms with van der Waals surface area (Å²) >= 11 is 1.86. The highest BCUT2D eigenvalue weighted by Crippen LogP contribution is 2.29. The average molecular weight is 476 g/mol. The van der Waals surface area contributed by atoms with Crippen LogP contribution in [0.4, 0.5) is 8.78 Å². The van der Waals surface area contributed by atoms with Crippen molar-refractivity contribution in [3.63, 3.8) is 0 Å². The van der Waals surface area contributed by atoms with Crippen LogP contribution < -0.4 is 0 Å². The van der Waals surface area contributed by atoms with Crippen LogP contribution >= 0.6 is 22.6 Å². The molecule has 1 heterocycles. The SMILES string of the molecule is CN(C(=O)CC1CCCC1)C1CCN(C(=O)c2cc(I)cc(F)c2F)C1. The minimum absolute atomic E-state index is 0.0662. The molecule has 1 aliphatic carbocycles. The fourth-order valence-corrected chi connectivity index (χ4v) is 4.52. The van der Waals surface area contributed by atoms with Gasteiger partial charge in [-0.3, -0.25) is 9.59 Å². The van der Waals surface area contributed by atoms with E-state index in [1.54, 1.807) is 11.9 Å². The Balaban J connectivity index is 1.62. The number of rotatable bonds is 4. The van der Waals surface area contributed by atoms with E-state index in [0.717, 1.165) is 18.9 Å². The maximum absolute atomic E-state index is 14.0. The molecule has 142 valence electrons. The molecule has 0 radical (unpaired) electrons. The fraction of sp³-hybridized carbons (Fsp3) is 0.579. The Bertz CT molecular complexity index is 707. The molecule has 4 nitrogen and oxygen atoms in total. The van der Waals surface area contributed by atoms with Crippen LogP contribution in [0.1, 0.15) is 48.9 Å². The number of benzene rings is 1. The van der Waals surface area contributed by atoms with Gasteiger partial charge in [-0.25, -0.2) is 8.78 Å². The average Bonchev–Trinajstić information content (AvgIpc) is 3.28. The van der Waals surface area contributed by atoms with Crippen molar-refractivity contribution in [2.45, 2.75) is 44.6 Å². The van der Waals surface area contributed by atoms with E-state index in [0.29, 0.717) is 35.4 Å². The van der Waals surface area contributed by atoms with Crippen molar-refractivity contribution >= 4 is 34.4 Å². The van der Waals surface area contributed by atoms with Gasteiger partial charge in [-0.1, -0.05) is 12.8 Å². The number of likely N-dealkylation sites (N-methyl/N-ethyl adjacent to an activating group) is 1. The molecular weight excluding hydrogens is 453 g/mol. The van der Waals surface area contributed by atoms with E-state index in [2.05, 4.69) is 0 Å². The largest absolute Gasteiger partial charge is 0.341 e. The topological polar surface area (TPSA) is 40.6 Å². The number of amides is 2. The van der Waals surface area contributed by atoms with Gasteiger partial charge in [0.25, 0.3) is 5.91 Å². The molecule has 0 N–H and O–H groups in total. The Morgan fingerprint density at radius 1 is 1.23 bits per heavy atom. The lowest BCUT2D eigenvalue weighted by atomic mass is 10.0. The van der Waals surface area contributed by atoms with E-state index in [1.165, 1.54) is 23.8 Å². The molecule has 26 heavy (non-hydrogen) atoms. The van der Waals surface area contributed by atoms with Crippen molar-refractivity contribution in [2.75, 3.05) is 20.1 Å². The number of halogens is 3. The summed E-state index contributed by atoms with van der Waals surface area (Å²) in [4.78, 5) is 28.3. The lowest BCUT2D eigenvalue weighted by Crippen LogP contribution is -2.40. The van der Waals surface area contributed by atoms with E-state index in [4.69, 9.17) is 0 Å². The van der Waals surface area contributed by atoms with Gasteiger partial charge in [-0.2, -0.15) is 0 Å². The Hall–Kier alpha value is -1.25. The lowest BCUT2D eigenvalue weighted by molar-refractivity contribution is -0.132. The van der Waals surface area contributed by atoms with Crippen molar-refractivity contribution in [2.24, 2.45) is 5.92 Å². The van der Waals surface area contributed by atoms with Crippen LogP contribution in [0.25, 0.3) is 0 Å². The molecule has 2 amide bonds. The van der Waals surface area contributed by atoms with Crippen molar-refractivity contribution in [1.82, 2.24) is 9.80 Å². The highest BCUT2D eigenvalue weighted by molar-refractivity contribution is 14.1. The number of nitrogens with zero attached hydrogens (tertiary/aromatic N) is 2. The van der Waals surface area contributed by atoms with Crippen molar-refractivity contribution in [3.05, 3.63) is 32.9 Å². The summed E-state index contributed by atoms with van der Waals surface area (Å²) in [5, 5.41) is 0. The molecule has 2 fully saturated rings. The quantitative estimate of drug-likeness (QED) is 0.490. The van der Waals surface area contributed by atoms with Crippen molar-refractivity contribution < 1.29 is 18.4 Å². The maximum atomic E-state index is 14.0. The number of carbonyl (C=O) groups excluding carboxylic acids is 2. The Morgan fingerprint density at radius 2 is 1.92 bits per heavy atom. The molecule has 1 saturated heterocycles. The summed E-state index contributed by atoms with van der Waals surface area (Å²) in [5.41, 5.74) is -0.241. The van der Waals surface area contributed by atoms with E-state index < -0.39 is 17.5 Å². The summed E-state index contributed by atoms with van der Waals surface area (Å²) in [6.07, 6.45) is 5.86. The zero-order valence-electron chi connectivity index (χ0n) is 14.8. The maximum Gasteiger partial charge on any atom is 0.257 e. The van der Waals surface area contributed by atoms with Gasteiger partial charge < -0.3 is 9.80 Å². The van der Waals surface area contributed by atoms with E-state index >= 15 is 0 Å². The van der Waals surface area contributed by atoms with Crippen molar-refractivity contribution in [3.8, 4) is 0 Å². The minimum atomic E-state index is -1.11. The zero-order valence-corrected chi connectivity index (χ0v) is 17.0. The second-order valence-electron chi connectivity index (χ2n) is 7.30. The Kier molecular flexibility index (Phi) is 6.14. The molecule has 0 bridgehead atoms. The molecule has 1 atom stereocenters. The van der Waals surface area contributed by atoms with Crippen molar-refractivity contribution in [1.29, 1.82) is 0 Å². The van der Waals surface area contributed by atoms with Crippen LogP contribution in [-0.2, 0) is 4.79 Å². The first-order valence-electron chi connectivity index (χ1n) is 9.06. The molecule has 7 heteroatoms. The minimum Gasteiger partial charge on any atom is -0.341 e. The molecule has 1 saturated carbocycles. The van der Waals surface area contributed by atoms with E-state index in [9.17, 15) is 18.4 Å². The predicted molar refractivity (Wildman–Crippen MR) is 103 cm³/mol. The third-order valence-corrected chi connectivity index (χ3v) is 6.18. The highest BCUT2D eigenvalue weighted by atomic mass is 127. The van der Waals surface area contributed by atoms with Gasteiger partial charge in [0.05, 0.1) is 11.6 Å². The zero-order chi connectivity index (χ0) is 18.8. The van der Waals surface area contributed by atoms with Crippen LogP contribution in [0.2, 0.25) is 0 Å². The summed E-state index contributed by atoms with van der Waals surface area (Å²) in [7, 11) is 1.78. The van der Waals surface area contributed by atoms with Crippen LogP contribution in [0, 0.1) is 21.1 Å². The Morgan fingerprint density at radius 3 is 2.62 bits per heavy atom. The molecular formula is C19H23F2IN2O2. The van der Waals surface area contributed by atoms with Crippen LogP contribution in [0.5, 0.6) is 0 Å². The number of hydrogen-bond acceptors (Lipinski definition) is 2. The van der Waals surface area contributed by atoms with Gasteiger partial charge in [-0.05, 0) is 59.9 Å². The first kappa shape index (κ1) is 19.5. The summed E-state index contributed by atoms with van der Waals surface area (Å²) in [6, 6.07) is 2.36. The first-order valence-corrected chi connectivity index (χ1v) is 10.1. The molecule has 2 aliphatic rings. The molecule has 0 aromatic heterocycles. The highest BCUT2D eigenvalue weighted by Gasteiger charge is 2.33. The third-order valence-electron chi connectivity index (χ3n) is 5.55. The summed E-state index contributed by atoms with van der Waals surface area (Å²) in [5.74, 6) is -2.04. The monoisotopic (exact) mass is 476 g/mol. The molecule has 3 rings (SSSR count).